The van der Waals surface area contributed by atoms with Gasteiger partial charge in [-0.1, -0.05) is 30.3 Å². The van der Waals surface area contributed by atoms with Crippen LogP contribution < -0.4 is 4.90 Å². The summed E-state index contributed by atoms with van der Waals surface area (Å²) in [4.78, 5) is 37.0. The predicted molar refractivity (Wildman–Crippen MR) is 103 cm³/mol. The summed E-state index contributed by atoms with van der Waals surface area (Å²) >= 11 is 0. The van der Waals surface area contributed by atoms with Crippen LogP contribution >= 0.6 is 0 Å². The molecule has 2 bridgehead atoms. The van der Waals surface area contributed by atoms with Crippen LogP contribution in [0.25, 0.3) is 0 Å². The van der Waals surface area contributed by atoms with Crippen molar-refractivity contribution in [3.05, 3.63) is 69.8 Å². The molecule has 5 atom stereocenters. The molecule has 3 fully saturated rings. The van der Waals surface area contributed by atoms with Gasteiger partial charge < -0.3 is 0 Å². The van der Waals surface area contributed by atoms with Crippen molar-refractivity contribution in [1.82, 2.24) is 0 Å². The highest BCUT2D eigenvalue weighted by molar-refractivity contribution is 6.22. The van der Waals surface area contributed by atoms with Gasteiger partial charge in [-0.2, -0.15) is 13.2 Å². The van der Waals surface area contributed by atoms with Crippen molar-refractivity contribution in [2.75, 3.05) is 4.90 Å². The van der Waals surface area contributed by atoms with Gasteiger partial charge in [-0.05, 0) is 48.3 Å². The molecule has 0 N–H and O–H groups in total. The number of nitrogens with zero attached hydrogens (tertiary/aromatic N) is 2. The number of hydrogen-bond donors (Lipinski definition) is 0. The molecule has 2 amide bonds. The molecule has 6 nitrogen and oxygen atoms in total. The van der Waals surface area contributed by atoms with Crippen molar-refractivity contribution in [1.29, 1.82) is 0 Å². The SMILES string of the molecule is O=C1[C@@H]2[C@H]3C[C@H](C[C@@H]3c3ccccc3)[C@@H]2C(=O)N1c1ccc([N+](=O)[O-])c(C(F)(F)F)c1. The van der Waals surface area contributed by atoms with Crippen molar-refractivity contribution in [2.24, 2.45) is 23.7 Å². The van der Waals surface area contributed by atoms with Crippen LogP contribution in [0.2, 0.25) is 0 Å². The summed E-state index contributed by atoms with van der Waals surface area (Å²) in [5, 5.41) is 11.0. The topological polar surface area (TPSA) is 80.5 Å². The van der Waals surface area contributed by atoms with E-state index < -0.39 is 46.0 Å². The fourth-order valence-corrected chi connectivity index (χ4v) is 5.85. The van der Waals surface area contributed by atoms with Crippen LogP contribution in [0.5, 0.6) is 0 Å². The van der Waals surface area contributed by atoms with Gasteiger partial charge >= 0.3 is 6.18 Å². The monoisotopic (exact) mass is 430 g/mol. The Labute approximate surface area is 174 Å². The smallest absolute Gasteiger partial charge is 0.274 e. The van der Waals surface area contributed by atoms with Gasteiger partial charge in [-0.15, -0.1) is 0 Å². The molecule has 31 heavy (non-hydrogen) atoms. The van der Waals surface area contributed by atoms with Crippen molar-refractivity contribution in [3.63, 3.8) is 0 Å². The average Bonchev–Trinajstić information content (AvgIpc) is 3.39. The molecule has 2 aromatic carbocycles. The second kappa shape index (κ2) is 6.63. The second-order valence-electron chi connectivity index (χ2n) is 8.43. The highest BCUT2D eigenvalue weighted by Crippen LogP contribution is 2.62. The Kier molecular flexibility index (Phi) is 4.22. The van der Waals surface area contributed by atoms with Crippen molar-refractivity contribution in [3.8, 4) is 0 Å². The first-order valence-corrected chi connectivity index (χ1v) is 9.97. The van der Waals surface area contributed by atoms with Crippen LogP contribution in [-0.4, -0.2) is 16.7 Å². The van der Waals surface area contributed by atoms with Gasteiger partial charge in [-0.25, -0.2) is 0 Å². The first kappa shape index (κ1) is 19.7. The molecule has 2 aliphatic carbocycles. The van der Waals surface area contributed by atoms with E-state index in [1.807, 2.05) is 30.3 Å². The van der Waals surface area contributed by atoms with E-state index in [9.17, 15) is 32.9 Å². The summed E-state index contributed by atoms with van der Waals surface area (Å²) in [6.07, 6.45) is -3.48. The fraction of sp³-hybridized carbons (Fsp3) is 0.364. The lowest BCUT2D eigenvalue weighted by Gasteiger charge is -2.28. The number of amides is 2. The molecule has 5 rings (SSSR count). The first-order chi connectivity index (χ1) is 14.7. The van der Waals surface area contributed by atoms with Crippen molar-refractivity contribution < 1.29 is 27.7 Å². The van der Waals surface area contributed by atoms with Crippen molar-refractivity contribution >= 4 is 23.2 Å². The second-order valence-corrected chi connectivity index (χ2v) is 8.43. The van der Waals surface area contributed by atoms with Gasteiger partial charge in [0.1, 0.15) is 5.56 Å². The minimum atomic E-state index is -4.99. The number of hydrogen-bond acceptors (Lipinski definition) is 4. The Balaban J connectivity index is 1.51. The first-order valence-electron chi connectivity index (χ1n) is 9.97. The molecule has 0 unspecified atom stereocenters. The number of carbonyl (C=O) groups is 2. The van der Waals surface area contributed by atoms with Gasteiger partial charge in [0.05, 0.1) is 22.4 Å². The maximum atomic E-state index is 13.4. The normalized spacial score (nSPS) is 29.5. The molecule has 160 valence electrons. The maximum absolute atomic E-state index is 13.4. The standard InChI is InChI=1S/C22H17F3N2O4/c23-22(24,25)16-10-13(6-7-17(16)27(30)31)26-20(28)18-12-8-14(11-4-2-1-3-5-11)15(9-12)19(18)21(26)29/h1-7,10,12,14-15,18-19H,8-9H2/t12-,14+,15-,18-,19+/m0/s1. The van der Waals surface area contributed by atoms with Crippen LogP contribution in [0.15, 0.2) is 48.5 Å². The van der Waals surface area contributed by atoms with E-state index in [1.165, 1.54) is 0 Å². The molecule has 3 aliphatic rings. The van der Waals surface area contributed by atoms with Gasteiger partial charge in [0.2, 0.25) is 11.8 Å². The minimum absolute atomic E-state index is 0.00166. The number of alkyl halides is 3. The fourth-order valence-electron chi connectivity index (χ4n) is 5.85. The Bertz CT molecular complexity index is 1100. The highest BCUT2D eigenvalue weighted by atomic mass is 19.4. The van der Waals surface area contributed by atoms with Crippen molar-refractivity contribution in [2.45, 2.75) is 24.9 Å². The summed E-state index contributed by atoms with van der Waals surface area (Å²) in [6.45, 7) is 0. The highest BCUT2D eigenvalue weighted by Gasteiger charge is 2.64. The Morgan fingerprint density at radius 3 is 2.29 bits per heavy atom. The number of fused-ring (bicyclic) bond motifs is 5. The number of benzene rings is 2. The summed E-state index contributed by atoms with van der Waals surface area (Å²) in [7, 11) is 0. The molecule has 1 aliphatic heterocycles. The molecule has 0 spiro atoms. The van der Waals surface area contributed by atoms with Crippen LogP contribution in [0, 0.1) is 33.8 Å². The molecule has 0 radical (unpaired) electrons. The Morgan fingerprint density at radius 2 is 1.65 bits per heavy atom. The predicted octanol–water partition coefficient (Wildman–Crippen LogP) is 4.54. The van der Waals surface area contributed by atoms with E-state index in [0.717, 1.165) is 29.4 Å². The third kappa shape index (κ3) is 2.86. The Morgan fingerprint density at radius 1 is 0.968 bits per heavy atom. The zero-order chi connectivity index (χ0) is 22.1. The quantitative estimate of drug-likeness (QED) is 0.407. The van der Waals surface area contributed by atoms with Gasteiger partial charge in [0.25, 0.3) is 5.69 Å². The molecule has 2 saturated carbocycles. The summed E-state index contributed by atoms with van der Waals surface area (Å²) in [5.41, 5.74) is -1.75. The van der Waals surface area contributed by atoms with E-state index in [4.69, 9.17) is 0 Å². The van der Waals surface area contributed by atoms with Gasteiger partial charge in [0.15, 0.2) is 0 Å². The zero-order valence-electron chi connectivity index (χ0n) is 16.1. The van der Waals surface area contributed by atoms with E-state index in [0.29, 0.717) is 12.1 Å². The average molecular weight is 430 g/mol. The summed E-state index contributed by atoms with van der Waals surface area (Å²) in [6, 6.07) is 12.0. The third-order valence-electron chi connectivity index (χ3n) is 6.98. The lowest BCUT2D eigenvalue weighted by atomic mass is 9.73. The molecule has 9 heteroatoms. The van der Waals surface area contributed by atoms with E-state index in [2.05, 4.69) is 0 Å². The molecule has 2 aromatic rings. The maximum Gasteiger partial charge on any atom is 0.423 e. The van der Waals surface area contributed by atoms with Gasteiger partial charge in [-0.3, -0.25) is 24.6 Å². The third-order valence-corrected chi connectivity index (χ3v) is 6.98. The van der Waals surface area contributed by atoms with E-state index in [-0.39, 0.29) is 23.4 Å². The molecular weight excluding hydrogens is 413 g/mol. The van der Waals surface area contributed by atoms with Gasteiger partial charge in [0, 0.05) is 6.07 Å². The number of rotatable bonds is 3. The lowest BCUT2D eigenvalue weighted by Crippen LogP contribution is -2.33. The lowest BCUT2D eigenvalue weighted by molar-refractivity contribution is -0.388. The Hall–Kier alpha value is -3.23. The number of halogens is 3. The van der Waals surface area contributed by atoms with Crippen LogP contribution in [0.1, 0.15) is 29.9 Å². The van der Waals surface area contributed by atoms with Crippen LogP contribution in [-0.2, 0) is 15.8 Å². The molecule has 1 saturated heterocycles. The van der Waals surface area contributed by atoms with E-state index >= 15 is 0 Å². The van der Waals surface area contributed by atoms with E-state index in [1.54, 1.807) is 0 Å². The number of carbonyl (C=O) groups excluding carboxylic acids is 2. The van der Waals surface area contributed by atoms with Crippen LogP contribution in [0.4, 0.5) is 24.5 Å². The molecule has 0 aromatic heterocycles. The minimum Gasteiger partial charge on any atom is -0.274 e. The number of nitro groups is 1. The summed E-state index contributed by atoms with van der Waals surface area (Å²) in [5.74, 6) is -2.03. The summed E-state index contributed by atoms with van der Waals surface area (Å²) < 4.78 is 40.1. The van der Waals surface area contributed by atoms with Crippen LogP contribution in [0.3, 0.4) is 0 Å². The molecular formula is C22H17F3N2O4. The number of anilines is 1. The molecule has 1 heterocycles. The largest absolute Gasteiger partial charge is 0.423 e. The zero-order valence-corrected chi connectivity index (χ0v) is 16.1. The number of imide groups is 1. The number of nitro benzene ring substituents is 1.